The Hall–Kier alpha value is -2.66. The van der Waals surface area contributed by atoms with E-state index in [-0.39, 0.29) is 10.3 Å². The fourth-order valence-electron chi connectivity index (χ4n) is 4.08. The van der Waals surface area contributed by atoms with Gasteiger partial charge in [-0.05, 0) is 0 Å². The van der Waals surface area contributed by atoms with Crippen LogP contribution in [0.2, 0.25) is 0 Å². The van der Waals surface area contributed by atoms with Gasteiger partial charge in [-0.3, -0.25) is 0 Å². The third kappa shape index (κ3) is 6.02. The molecule has 1 fully saturated rings. The fraction of sp³-hybridized carbons (Fsp3) is 0.400. The average molecular weight is 516 g/mol. The van der Waals surface area contributed by atoms with E-state index in [0.29, 0.717) is 30.5 Å². The molecule has 3 rings (SSSR count). The number of carbonyl (C=O) groups is 3. The van der Waals surface area contributed by atoms with Crippen LogP contribution in [0.15, 0.2) is 42.5 Å². The zero-order valence-corrected chi connectivity index (χ0v) is 21.0. The summed E-state index contributed by atoms with van der Waals surface area (Å²) in [5.74, 6) is -2.93. The molecule has 0 unspecified atom stereocenters. The molecule has 33 heavy (non-hydrogen) atoms. The van der Waals surface area contributed by atoms with Crippen LogP contribution in [0.3, 0.4) is 0 Å². The van der Waals surface area contributed by atoms with Crippen molar-refractivity contribution in [1.29, 1.82) is 0 Å². The van der Waals surface area contributed by atoms with Crippen molar-refractivity contribution < 1.29 is 28.6 Å². The zero-order valence-electron chi connectivity index (χ0n) is 19.2. The van der Waals surface area contributed by atoms with Crippen LogP contribution in [-0.2, 0) is 9.53 Å². The summed E-state index contributed by atoms with van der Waals surface area (Å²) in [7, 11) is 0. The van der Waals surface area contributed by atoms with E-state index in [4.69, 9.17) is 4.74 Å². The van der Waals surface area contributed by atoms with Crippen molar-refractivity contribution >= 4 is 36.7 Å². The third-order valence-electron chi connectivity index (χ3n) is 5.49. The first-order chi connectivity index (χ1) is 15.5. The Morgan fingerprint density at radius 1 is 1.12 bits per heavy atom. The van der Waals surface area contributed by atoms with E-state index in [9.17, 15) is 23.9 Å². The number of likely N-dealkylation sites (tertiary alicyclic amines) is 1. The number of aliphatic carboxylic acids is 1. The predicted octanol–water partition coefficient (Wildman–Crippen LogP) is 4.08. The molecule has 0 aromatic heterocycles. The number of carbonyl (C=O) groups excluding carboxylic acids is 2. The van der Waals surface area contributed by atoms with Gasteiger partial charge in [0, 0.05) is 0 Å². The van der Waals surface area contributed by atoms with Crippen LogP contribution in [0.1, 0.15) is 61.1 Å². The van der Waals surface area contributed by atoms with Crippen LogP contribution in [0, 0.1) is 18.7 Å². The summed E-state index contributed by atoms with van der Waals surface area (Å²) < 4.78 is 20.5. The minimum atomic E-state index is -0.994. The quantitative estimate of drug-likeness (QED) is 0.606. The van der Waals surface area contributed by atoms with Gasteiger partial charge in [0.1, 0.15) is 0 Å². The van der Waals surface area contributed by atoms with Crippen molar-refractivity contribution in [3.63, 3.8) is 0 Å². The number of halogens is 1. The number of aryl methyl sites for hydroxylation is 1. The second-order valence-electron chi connectivity index (χ2n) is 9.15. The normalized spacial score (nSPS) is 19.0. The topological polar surface area (TPSA) is 83.9 Å². The molecule has 6 nitrogen and oxygen atoms in total. The van der Waals surface area contributed by atoms with Gasteiger partial charge in [-0.2, -0.15) is 0 Å². The van der Waals surface area contributed by atoms with Crippen LogP contribution >= 0.6 is 0 Å². The molecule has 2 aromatic carbocycles. The van der Waals surface area contributed by atoms with Crippen molar-refractivity contribution in [2.75, 3.05) is 6.54 Å². The monoisotopic (exact) mass is 516 g/mol. The van der Waals surface area contributed by atoms with E-state index >= 15 is 0 Å². The Labute approximate surface area is 199 Å². The molecule has 1 aliphatic rings. The first kappa shape index (κ1) is 25.0. The van der Waals surface area contributed by atoms with Gasteiger partial charge in [0.15, 0.2) is 0 Å². The molecule has 1 amide bonds. The van der Waals surface area contributed by atoms with Gasteiger partial charge in [-0.25, -0.2) is 0 Å². The molecular weight excluding hydrogens is 488 g/mol. The van der Waals surface area contributed by atoms with Crippen LogP contribution < -0.4 is 4.35 Å². The van der Waals surface area contributed by atoms with E-state index in [0.717, 1.165) is 4.35 Å². The van der Waals surface area contributed by atoms with Gasteiger partial charge in [0.05, 0.1) is 0 Å². The molecule has 2 atom stereocenters. The first-order valence-corrected chi connectivity index (χ1v) is 12.7. The molecule has 1 aliphatic heterocycles. The third-order valence-corrected chi connectivity index (χ3v) is 7.24. The van der Waals surface area contributed by atoms with E-state index in [2.05, 4.69) is 0 Å². The van der Waals surface area contributed by atoms with E-state index in [1.54, 1.807) is 43.3 Å². The van der Waals surface area contributed by atoms with Crippen LogP contribution in [0.25, 0.3) is 0 Å². The maximum atomic E-state index is 14.5. The standard InChI is InChI=1S/C25H28AsFNO5/c1-15-7-5-9-19(27)20(15)22(29)28-14-6-8-18(23(30)31)21(28)16-10-12-17(13-11-16)26-24(32)33-25(2,3)4/h5,7,9-13,18,21H,6,8,14H2,1-4H3,(H,30,31)/t18-,21-/m0/s1. The van der Waals surface area contributed by atoms with Crippen molar-refractivity contribution in [3.8, 4) is 0 Å². The number of benzene rings is 2. The number of carboxylic acid groups (broad SMARTS) is 1. The van der Waals surface area contributed by atoms with Gasteiger partial charge in [0.25, 0.3) is 0 Å². The molecule has 0 saturated carbocycles. The number of hydrogen-bond acceptors (Lipinski definition) is 4. The molecule has 1 N–H and O–H groups in total. The van der Waals surface area contributed by atoms with E-state index in [1.165, 1.54) is 11.0 Å². The summed E-state index contributed by atoms with van der Waals surface area (Å²) >= 11 is -0.869. The number of ether oxygens (including phenoxy) is 1. The van der Waals surface area contributed by atoms with Gasteiger partial charge >= 0.3 is 200 Å². The molecule has 175 valence electrons. The molecule has 8 heteroatoms. The summed E-state index contributed by atoms with van der Waals surface area (Å²) in [6.45, 7) is 7.44. The molecule has 2 aromatic rings. The number of amides is 1. The number of nitrogens with zero attached hydrogens (tertiary/aromatic N) is 1. The van der Waals surface area contributed by atoms with Crippen LogP contribution in [-0.4, -0.2) is 54.5 Å². The minimum absolute atomic E-state index is 0.0277. The number of hydrogen-bond donors (Lipinski definition) is 1. The second kappa shape index (κ2) is 10.1. The van der Waals surface area contributed by atoms with Gasteiger partial charge < -0.3 is 0 Å². The molecule has 0 bridgehead atoms. The molecule has 1 radical (unpaired) electrons. The van der Waals surface area contributed by atoms with E-state index < -0.39 is 51.0 Å². The summed E-state index contributed by atoms with van der Waals surface area (Å²) in [5.41, 5.74) is 0.571. The molecule has 1 heterocycles. The van der Waals surface area contributed by atoms with Crippen LogP contribution in [0.4, 0.5) is 9.18 Å². The number of piperidine rings is 1. The second-order valence-corrected chi connectivity index (χ2v) is 11.5. The van der Waals surface area contributed by atoms with Crippen molar-refractivity contribution in [1.82, 2.24) is 4.90 Å². The Balaban J connectivity index is 1.91. The summed E-state index contributed by atoms with van der Waals surface area (Å²) in [6, 6.07) is 10.8. The van der Waals surface area contributed by atoms with E-state index in [1.807, 2.05) is 20.8 Å². The Bertz CT molecular complexity index is 1030. The number of rotatable bonds is 5. The molecule has 0 spiro atoms. The summed E-state index contributed by atoms with van der Waals surface area (Å²) in [6.07, 6.45) is 0.944. The summed E-state index contributed by atoms with van der Waals surface area (Å²) in [4.78, 5) is 39.1. The Morgan fingerprint density at radius 2 is 1.79 bits per heavy atom. The SMILES string of the molecule is Cc1cccc(F)c1C(=O)N1CCC[C@H](C(=O)O)[C@@H]1c1ccc([As]C(=O)OC(C)(C)C)cc1. The van der Waals surface area contributed by atoms with Crippen molar-refractivity contribution in [2.24, 2.45) is 5.92 Å². The Kier molecular flexibility index (Phi) is 7.63. The molecular formula is C25H28AsFNO5. The fourth-order valence-corrected chi connectivity index (χ4v) is 5.82. The van der Waals surface area contributed by atoms with Crippen molar-refractivity contribution in [2.45, 2.75) is 52.2 Å². The van der Waals surface area contributed by atoms with Crippen molar-refractivity contribution in [3.05, 3.63) is 65.0 Å². The predicted molar refractivity (Wildman–Crippen MR) is 123 cm³/mol. The molecule has 1 saturated heterocycles. The average Bonchev–Trinajstić information content (AvgIpc) is 2.72. The molecule has 0 aliphatic carbocycles. The van der Waals surface area contributed by atoms with Gasteiger partial charge in [0.2, 0.25) is 0 Å². The maximum absolute atomic E-state index is 14.5. The number of carboxylic acids is 1. The zero-order chi connectivity index (χ0) is 24.3. The van der Waals surface area contributed by atoms with Gasteiger partial charge in [-0.1, -0.05) is 0 Å². The summed E-state index contributed by atoms with van der Waals surface area (Å²) in [5, 5.41) is 9.86. The van der Waals surface area contributed by atoms with Crippen LogP contribution in [0.5, 0.6) is 0 Å². The first-order valence-electron chi connectivity index (χ1n) is 10.8. The Morgan fingerprint density at radius 3 is 2.36 bits per heavy atom. The van der Waals surface area contributed by atoms with Gasteiger partial charge in [-0.15, -0.1) is 0 Å².